The van der Waals surface area contributed by atoms with Crippen LogP contribution in [-0.2, 0) is 23.5 Å². The molecule has 0 aromatic rings. The van der Waals surface area contributed by atoms with E-state index in [4.69, 9.17) is 14.3 Å². The molecule has 7 heteroatoms. The van der Waals surface area contributed by atoms with Crippen LogP contribution in [0.25, 0.3) is 0 Å². The van der Waals surface area contributed by atoms with Crippen LogP contribution in [0.5, 0.6) is 0 Å². The van der Waals surface area contributed by atoms with Gasteiger partial charge in [-0.1, -0.05) is 523 Å². The second kappa shape index (κ2) is 130. The summed E-state index contributed by atoms with van der Waals surface area (Å²) in [6.45, 7) is 49.6. The molecule has 0 bridgehead atoms. The summed E-state index contributed by atoms with van der Waals surface area (Å²) in [6.07, 6.45) is 106. The normalized spacial score (nSPS) is 10.7. The van der Waals surface area contributed by atoms with E-state index in [2.05, 4.69) is 125 Å². The molecule has 0 fully saturated rings. The van der Waals surface area contributed by atoms with Crippen molar-refractivity contribution < 1.29 is 40.9 Å². The number of nitrogens with one attached hydrogen (secondary N) is 2. The van der Waals surface area contributed by atoms with Crippen LogP contribution in [0, 0.1) is 0 Å². The Bertz CT molecular complexity index is 1140. The second-order valence-electron chi connectivity index (χ2n) is 32.2. The fourth-order valence-corrected chi connectivity index (χ4v) is 13.2. The Kier molecular flexibility index (Phi) is 153. The quantitative estimate of drug-likeness (QED) is 0.0469. The van der Waals surface area contributed by atoms with Crippen molar-refractivity contribution >= 4 is 0 Å². The first-order valence-corrected chi connectivity index (χ1v) is 52.8. The van der Waals surface area contributed by atoms with E-state index in [1.807, 2.05) is 9.80 Å². The predicted octanol–water partition coefficient (Wildman–Crippen LogP) is 32.3. The molecule has 2 N–H and O–H groups in total. The van der Waals surface area contributed by atoms with Crippen LogP contribution >= 0.6 is 0 Å². The first-order valence-electron chi connectivity index (χ1n) is 49.5. The average molecular weight is 1580 g/mol. The zero-order chi connectivity index (χ0) is 80.2. The van der Waals surface area contributed by atoms with Gasteiger partial charge in [0.25, 0.3) is 0 Å². The van der Waals surface area contributed by atoms with E-state index in [9.17, 15) is 0 Å². The topological polar surface area (TPSA) is 89.1 Å². The third-order valence-electron chi connectivity index (χ3n) is 20.5. The summed E-state index contributed by atoms with van der Waals surface area (Å²) in [5, 5.41) is 0. The standard InChI is InChI=1S/2C24H51N.2C9H20.4C8H18.Mo.4O/c2*1-4-7-10-13-16-19-22-25(23-20-17-14-11-8-5-2)24-21-18-15-12-9-6-3;2*1-3-5-7-9-8-6-4-2;4*1-3-5-7-8-6-4-2;;;;;/h2*4-24H2,1-3H3;2*3-9H2,1-2H3;4*3-8H2,1-2H3;;;;;/q;;;;;;;;;;;2*-1/p+2. The van der Waals surface area contributed by atoms with Crippen molar-refractivity contribution in [3.05, 3.63) is 0 Å². The van der Waals surface area contributed by atoms with Crippen LogP contribution in [0.2, 0.25) is 0 Å². The summed E-state index contributed by atoms with van der Waals surface area (Å²) in [6, 6.07) is 0. The van der Waals surface area contributed by atoms with Gasteiger partial charge in [-0.2, -0.15) is 0 Å². The molecule has 0 unspecified atom stereocenters. The first-order chi connectivity index (χ1) is 51.2. The van der Waals surface area contributed by atoms with Gasteiger partial charge in [0.2, 0.25) is 0 Å². The predicted molar refractivity (Wildman–Crippen MR) is 476 cm³/mol. The van der Waals surface area contributed by atoms with E-state index >= 15 is 0 Å². The molecule has 0 aliphatic carbocycles. The van der Waals surface area contributed by atoms with Crippen LogP contribution in [0.15, 0.2) is 0 Å². The Balaban J connectivity index is -0.000000150. The van der Waals surface area contributed by atoms with Gasteiger partial charge in [0, 0.05) is 0 Å². The third-order valence-corrected chi connectivity index (χ3v) is 20.5. The fourth-order valence-electron chi connectivity index (χ4n) is 13.2. The van der Waals surface area contributed by atoms with Crippen molar-refractivity contribution in [2.24, 2.45) is 0 Å². The Hall–Kier alpha value is 0.128. The van der Waals surface area contributed by atoms with Gasteiger partial charge in [0.15, 0.2) is 0 Å². The molecule has 0 amide bonds. The van der Waals surface area contributed by atoms with Crippen LogP contribution in [-0.4, -0.2) is 39.3 Å². The fraction of sp³-hybridized carbons (Fsp3) is 1.00. The third kappa shape index (κ3) is 169. The minimum absolute atomic E-state index is 1.36. The molecule has 0 rings (SSSR count). The second-order valence-corrected chi connectivity index (χ2v) is 34.2. The van der Waals surface area contributed by atoms with E-state index in [0.717, 1.165) is 0 Å². The van der Waals surface area contributed by atoms with Gasteiger partial charge >= 0.3 is 31.1 Å². The molecule has 0 saturated carbocycles. The molecule has 0 aromatic carbocycles. The molecule has 0 aliphatic heterocycles. The van der Waals surface area contributed by atoms with Gasteiger partial charge in [-0.05, 0) is 77.0 Å². The van der Waals surface area contributed by atoms with Gasteiger partial charge in [0.1, 0.15) is 0 Å². The summed E-state index contributed by atoms with van der Waals surface area (Å²) < 4.78 is 34.5. The van der Waals surface area contributed by atoms with Crippen molar-refractivity contribution in [1.82, 2.24) is 0 Å². The molecule has 0 saturated heterocycles. The molecule has 0 spiro atoms. The van der Waals surface area contributed by atoms with Crippen molar-refractivity contribution in [2.45, 2.75) is 600 Å². The molecule has 648 valence electrons. The summed E-state index contributed by atoms with van der Waals surface area (Å²) in [4.78, 5) is 3.84. The summed E-state index contributed by atoms with van der Waals surface area (Å²) in [7, 11) is 0. The molecule has 0 radical (unpaired) electrons. The Morgan fingerprint density at radius 2 is 0.190 bits per heavy atom. The number of hydrogen-bond donors (Lipinski definition) is 2. The Labute approximate surface area is 675 Å². The van der Waals surface area contributed by atoms with Gasteiger partial charge in [-0.3, -0.25) is 0 Å². The molecule has 0 heterocycles. The minimum atomic E-state index is -6.02. The number of unbranched alkanes of at least 4 members (excludes halogenated alkanes) is 62. The van der Waals surface area contributed by atoms with E-state index in [0.29, 0.717) is 0 Å². The van der Waals surface area contributed by atoms with Gasteiger partial charge < -0.3 is 9.80 Å². The van der Waals surface area contributed by atoms with Crippen molar-refractivity contribution in [1.29, 1.82) is 0 Å². The van der Waals surface area contributed by atoms with Crippen LogP contribution < -0.4 is 17.3 Å². The molecular weight excluding hydrogens is 1370 g/mol. The van der Waals surface area contributed by atoms with Gasteiger partial charge in [-0.25, -0.2) is 0 Å². The van der Waals surface area contributed by atoms with Crippen LogP contribution in [0.4, 0.5) is 0 Å². The van der Waals surface area contributed by atoms with E-state index in [1.165, 1.54) is 514 Å². The summed E-state index contributed by atoms with van der Waals surface area (Å²) >= 11 is -6.02. The maximum absolute atomic E-state index is 8.63. The van der Waals surface area contributed by atoms with E-state index in [-0.39, 0.29) is 0 Å². The van der Waals surface area contributed by atoms with Crippen LogP contribution in [0.1, 0.15) is 600 Å². The van der Waals surface area contributed by atoms with Crippen LogP contribution in [0.3, 0.4) is 0 Å². The first kappa shape index (κ1) is 123. The van der Waals surface area contributed by atoms with Crippen molar-refractivity contribution in [3.63, 3.8) is 0 Å². The summed E-state index contributed by atoms with van der Waals surface area (Å²) in [5.74, 6) is 0. The van der Waals surface area contributed by atoms with Gasteiger partial charge in [0.05, 0.1) is 39.3 Å². The number of rotatable bonds is 74. The maximum atomic E-state index is 8.63. The van der Waals surface area contributed by atoms with Gasteiger partial charge in [-0.15, -0.1) is 0 Å². The zero-order valence-corrected chi connectivity index (χ0v) is 79.6. The van der Waals surface area contributed by atoms with Crippen molar-refractivity contribution in [3.8, 4) is 0 Å². The molecule has 0 atom stereocenters. The Morgan fingerprint density at radius 1 is 0.133 bits per heavy atom. The molecule has 105 heavy (non-hydrogen) atoms. The number of hydrogen-bond acceptors (Lipinski definition) is 4. The monoisotopic (exact) mass is 1580 g/mol. The Morgan fingerprint density at radius 3 is 0.257 bits per heavy atom. The average Bonchev–Trinajstić information content (AvgIpc) is 1.25. The van der Waals surface area contributed by atoms with Crippen molar-refractivity contribution in [2.75, 3.05) is 39.3 Å². The number of quaternary nitrogens is 2. The molecule has 0 aromatic heterocycles. The zero-order valence-electron chi connectivity index (χ0n) is 77.6. The molecule has 0 aliphatic rings. The molecular formula is C98H216MoN2O4. The van der Waals surface area contributed by atoms with E-state index < -0.39 is 16.7 Å². The summed E-state index contributed by atoms with van der Waals surface area (Å²) in [5.41, 5.74) is 0. The SMILES string of the molecule is CCCCCCCC.CCCCCCCC.CCCCCCCC.CCCCCCCC.CCCCCCCCC.CCCCCCCCC.CCCCCCCC[NH+](CCCCCCCC)CCCCCCCC.CCCCCCCC[NH+](CCCCCCCC)CCCCCCCC.[O]=[Mo](=[O])([O-])[O-]. The molecule has 6 nitrogen and oxygen atoms in total. The van der Waals surface area contributed by atoms with E-state index in [1.54, 1.807) is 0 Å².